The predicted molar refractivity (Wildman–Crippen MR) is 104 cm³/mol. The van der Waals surface area contributed by atoms with Crippen LogP contribution < -0.4 is 5.32 Å². The van der Waals surface area contributed by atoms with E-state index < -0.39 is 0 Å². The molecule has 0 radical (unpaired) electrons. The van der Waals surface area contributed by atoms with E-state index in [1.807, 2.05) is 0 Å². The molecule has 0 unspecified atom stereocenters. The van der Waals surface area contributed by atoms with Crippen molar-refractivity contribution in [3.63, 3.8) is 0 Å². The Bertz CT molecular complexity index is 881. The van der Waals surface area contributed by atoms with Crippen LogP contribution in [0, 0.1) is 0 Å². The number of carbonyl (C=O) groups excluding carboxylic acids is 1. The van der Waals surface area contributed by atoms with Crippen molar-refractivity contribution in [2.45, 2.75) is 25.4 Å². The van der Waals surface area contributed by atoms with Crippen molar-refractivity contribution in [1.29, 1.82) is 0 Å². The molecule has 0 saturated carbocycles. The molecule has 1 amide bonds. The fourth-order valence-electron chi connectivity index (χ4n) is 3.68. The lowest BCUT2D eigenvalue weighted by Crippen LogP contribution is -2.44. The van der Waals surface area contributed by atoms with E-state index in [0.29, 0.717) is 5.56 Å². The summed E-state index contributed by atoms with van der Waals surface area (Å²) < 4.78 is 0. The van der Waals surface area contributed by atoms with Crippen molar-refractivity contribution in [2.75, 3.05) is 13.1 Å². The number of piperidine rings is 1. The summed E-state index contributed by atoms with van der Waals surface area (Å²) in [6.45, 7) is 2.97. The van der Waals surface area contributed by atoms with Crippen molar-refractivity contribution in [3.8, 4) is 0 Å². The maximum Gasteiger partial charge on any atom is 0.251 e. The molecule has 3 aromatic rings. The molecule has 1 aliphatic rings. The van der Waals surface area contributed by atoms with E-state index in [1.54, 1.807) is 24.5 Å². The van der Waals surface area contributed by atoms with Crippen LogP contribution in [0.5, 0.6) is 0 Å². The molecular formula is C22H23N3O. The first-order valence-electron chi connectivity index (χ1n) is 9.19. The van der Waals surface area contributed by atoms with Gasteiger partial charge in [0.2, 0.25) is 0 Å². The zero-order valence-corrected chi connectivity index (χ0v) is 14.8. The minimum Gasteiger partial charge on any atom is -0.349 e. The number of fused-ring (bicyclic) bond motifs is 1. The van der Waals surface area contributed by atoms with Gasteiger partial charge in [-0.05, 0) is 41.3 Å². The number of carbonyl (C=O) groups is 1. The van der Waals surface area contributed by atoms with Gasteiger partial charge >= 0.3 is 0 Å². The minimum atomic E-state index is -0.0000894. The van der Waals surface area contributed by atoms with Gasteiger partial charge in [-0.3, -0.25) is 14.7 Å². The van der Waals surface area contributed by atoms with Gasteiger partial charge in [-0.2, -0.15) is 0 Å². The third kappa shape index (κ3) is 3.75. The molecular weight excluding hydrogens is 322 g/mol. The topological polar surface area (TPSA) is 45.2 Å². The molecule has 132 valence electrons. The maximum absolute atomic E-state index is 12.3. The summed E-state index contributed by atoms with van der Waals surface area (Å²) in [5, 5.41) is 5.79. The molecule has 4 heteroatoms. The fraction of sp³-hybridized carbons (Fsp3) is 0.273. The van der Waals surface area contributed by atoms with Gasteiger partial charge < -0.3 is 5.32 Å². The summed E-state index contributed by atoms with van der Waals surface area (Å²) >= 11 is 0. The van der Waals surface area contributed by atoms with E-state index in [1.165, 1.54) is 16.3 Å². The lowest BCUT2D eigenvalue weighted by atomic mass is 10.0. The molecule has 2 heterocycles. The monoisotopic (exact) mass is 345 g/mol. The highest BCUT2D eigenvalue weighted by molar-refractivity contribution is 5.94. The lowest BCUT2D eigenvalue weighted by Gasteiger charge is -2.32. The Labute approximate surface area is 153 Å². The highest BCUT2D eigenvalue weighted by Crippen LogP contribution is 2.21. The Morgan fingerprint density at radius 1 is 1.00 bits per heavy atom. The second-order valence-corrected chi connectivity index (χ2v) is 6.90. The Morgan fingerprint density at radius 2 is 1.73 bits per heavy atom. The number of hydrogen-bond acceptors (Lipinski definition) is 3. The van der Waals surface area contributed by atoms with Crippen LogP contribution in [-0.4, -0.2) is 34.9 Å². The SMILES string of the molecule is O=C(NC1CCN(Cc2cccc3ccccc23)CC1)c1ccncc1. The summed E-state index contributed by atoms with van der Waals surface area (Å²) in [5.41, 5.74) is 2.06. The lowest BCUT2D eigenvalue weighted by molar-refractivity contribution is 0.0909. The Kier molecular flexibility index (Phi) is 4.93. The fourth-order valence-corrected chi connectivity index (χ4v) is 3.68. The number of pyridine rings is 1. The molecule has 0 spiro atoms. The van der Waals surface area contributed by atoms with Gasteiger partial charge in [-0.1, -0.05) is 42.5 Å². The zero-order chi connectivity index (χ0) is 17.8. The summed E-state index contributed by atoms with van der Waals surface area (Å²) in [7, 11) is 0. The normalized spacial score (nSPS) is 15.8. The van der Waals surface area contributed by atoms with Gasteiger partial charge in [0.05, 0.1) is 0 Å². The molecule has 0 atom stereocenters. The second-order valence-electron chi connectivity index (χ2n) is 6.90. The molecule has 1 saturated heterocycles. The molecule has 1 N–H and O–H groups in total. The van der Waals surface area contributed by atoms with E-state index >= 15 is 0 Å². The van der Waals surface area contributed by atoms with Gasteiger partial charge in [0, 0.05) is 43.6 Å². The minimum absolute atomic E-state index is 0.0000894. The first-order valence-corrected chi connectivity index (χ1v) is 9.19. The first-order chi connectivity index (χ1) is 12.8. The molecule has 4 nitrogen and oxygen atoms in total. The first kappa shape index (κ1) is 16.7. The standard InChI is InChI=1S/C22H23N3O/c26-22(18-8-12-23-13-9-18)24-20-10-14-25(15-11-20)16-19-6-3-5-17-4-1-2-7-21(17)19/h1-9,12-13,20H,10-11,14-16H2,(H,24,26). The van der Waals surface area contributed by atoms with Crippen LogP contribution in [0.2, 0.25) is 0 Å². The number of aromatic nitrogens is 1. The Hall–Kier alpha value is -2.72. The van der Waals surface area contributed by atoms with E-state index in [-0.39, 0.29) is 11.9 Å². The summed E-state index contributed by atoms with van der Waals surface area (Å²) in [6.07, 6.45) is 5.28. The van der Waals surface area contributed by atoms with Crippen molar-refractivity contribution in [1.82, 2.24) is 15.2 Å². The van der Waals surface area contributed by atoms with Crippen LogP contribution in [0.4, 0.5) is 0 Å². The number of rotatable bonds is 4. The summed E-state index contributed by atoms with van der Waals surface area (Å²) in [4.78, 5) is 18.7. The predicted octanol–water partition coefficient (Wildman–Crippen LogP) is 3.63. The Balaban J connectivity index is 1.34. The largest absolute Gasteiger partial charge is 0.349 e. The number of nitrogens with one attached hydrogen (secondary N) is 1. The van der Waals surface area contributed by atoms with Gasteiger partial charge in [-0.25, -0.2) is 0 Å². The number of hydrogen-bond donors (Lipinski definition) is 1. The van der Waals surface area contributed by atoms with Crippen molar-refractivity contribution < 1.29 is 4.79 Å². The van der Waals surface area contributed by atoms with Crippen molar-refractivity contribution in [2.24, 2.45) is 0 Å². The Morgan fingerprint density at radius 3 is 2.54 bits per heavy atom. The highest BCUT2D eigenvalue weighted by Gasteiger charge is 2.21. The van der Waals surface area contributed by atoms with Crippen LogP contribution >= 0.6 is 0 Å². The van der Waals surface area contributed by atoms with E-state index in [2.05, 4.69) is 57.7 Å². The van der Waals surface area contributed by atoms with Crippen LogP contribution in [0.25, 0.3) is 10.8 Å². The summed E-state index contributed by atoms with van der Waals surface area (Å²) in [5.74, 6) is -0.0000894. The average molecular weight is 345 g/mol. The van der Waals surface area contributed by atoms with Gasteiger partial charge in [0.1, 0.15) is 0 Å². The van der Waals surface area contributed by atoms with Crippen LogP contribution in [0.3, 0.4) is 0 Å². The molecule has 1 fully saturated rings. The van der Waals surface area contributed by atoms with E-state index in [4.69, 9.17) is 0 Å². The molecule has 4 rings (SSSR count). The van der Waals surface area contributed by atoms with Gasteiger partial charge in [-0.15, -0.1) is 0 Å². The van der Waals surface area contributed by atoms with Crippen molar-refractivity contribution in [3.05, 3.63) is 78.1 Å². The second kappa shape index (κ2) is 7.67. The van der Waals surface area contributed by atoms with Gasteiger partial charge in [0.15, 0.2) is 0 Å². The highest BCUT2D eigenvalue weighted by atomic mass is 16.1. The number of benzene rings is 2. The molecule has 2 aromatic carbocycles. The van der Waals surface area contributed by atoms with E-state index in [9.17, 15) is 4.79 Å². The number of amides is 1. The average Bonchev–Trinajstić information content (AvgIpc) is 2.70. The zero-order valence-electron chi connectivity index (χ0n) is 14.8. The summed E-state index contributed by atoms with van der Waals surface area (Å²) in [6, 6.07) is 18.8. The van der Waals surface area contributed by atoms with Crippen LogP contribution in [-0.2, 0) is 6.54 Å². The molecule has 26 heavy (non-hydrogen) atoms. The van der Waals surface area contributed by atoms with Gasteiger partial charge in [0.25, 0.3) is 5.91 Å². The third-order valence-corrected chi connectivity index (χ3v) is 5.14. The number of nitrogens with zero attached hydrogens (tertiary/aromatic N) is 2. The van der Waals surface area contributed by atoms with E-state index in [0.717, 1.165) is 32.5 Å². The molecule has 1 aromatic heterocycles. The molecule has 1 aliphatic heterocycles. The van der Waals surface area contributed by atoms with Crippen molar-refractivity contribution >= 4 is 16.7 Å². The van der Waals surface area contributed by atoms with Crippen LogP contribution in [0.1, 0.15) is 28.8 Å². The van der Waals surface area contributed by atoms with Crippen LogP contribution in [0.15, 0.2) is 67.0 Å². The molecule has 0 bridgehead atoms. The number of likely N-dealkylation sites (tertiary alicyclic amines) is 1. The third-order valence-electron chi connectivity index (χ3n) is 5.14. The maximum atomic E-state index is 12.3. The molecule has 0 aliphatic carbocycles. The smallest absolute Gasteiger partial charge is 0.251 e. The quantitative estimate of drug-likeness (QED) is 0.785.